The van der Waals surface area contributed by atoms with Crippen LogP contribution in [0.3, 0.4) is 0 Å². The van der Waals surface area contributed by atoms with E-state index in [2.05, 4.69) is 65.2 Å². The van der Waals surface area contributed by atoms with Crippen molar-refractivity contribution < 1.29 is 4.79 Å². The van der Waals surface area contributed by atoms with Gasteiger partial charge < -0.3 is 15.2 Å². The summed E-state index contributed by atoms with van der Waals surface area (Å²) in [5.74, 6) is 0.646. The highest BCUT2D eigenvalue weighted by atomic mass is 16.1. The zero-order chi connectivity index (χ0) is 19.7. The molecule has 1 amide bonds. The summed E-state index contributed by atoms with van der Waals surface area (Å²) in [7, 11) is 4.13. The van der Waals surface area contributed by atoms with Crippen molar-refractivity contribution in [3.8, 4) is 0 Å². The first-order valence-electron chi connectivity index (χ1n) is 10.4. The highest BCUT2D eigenvalue weighted by molar-refractivity contribution is 5.88. The largest absolute Gasteiger partial charge is 0.361 e. The molecule has 5 heteroatoms. The van der Waals surface area contributed by atoms with E-state index in [9.17, 15) is 4.79 Å². The minimum Gasteiger partial charge on any atom is -0.361 e. The number of nitrogens with one attached hydrogen (secondary N) is 2. The molecule has 1 unspecified atom stereocenters. The number of H-pyrrole nitrogens is 1. The van der Waals surface area contributed by atoms with Gasteiger partial charge in [0.25, 0.3) is 0 Å². The van der Waals surface area contributed by atoms with E-state index in [0.29, 0.717) is 12.0 Å². The Bertz CT molecular complexity index is 855. The van der Waals surface area contributed by atoms with Crippen LogP contribution in [0.1, 0.15) is 29.9 Å². The Morgan fingerprint density at radius 3 is 3.07 bits per heavy atom. The maximum atomic E-state index is 12.9. The third kappa shape index (κ3) is 3.61. The van der Waals surface area contributed by atoms with Gasteiger partial charge in [-0.15, -0.1) is 6.58 Å². The molecule has 1 fully saturated rings. The Morgan fingerprint density at radius 2 is 2.29 bits per heavy atom. The number of fused-ring (bicyclic) bond motifs is 2. The number of benzene rings is 1. The molecule has 28 heavy (non-hydrogen) atoms. The third-order valence-corrected chi connectivity index (χ3v) is 6.39. The number of nitrogens with zero attached hydrogens (tertiary/aromatic N) is 2. The van der Waals surface area contributed by atoms with E-state index < -0.39 is 0 Å². The van der Waals surface area contributed by atoms with Crippen molar-refractivity contribution in [2.45, 2.75) is 31.2 Å². The van der Waals surface area contributed by atoms with Crippen molar-refractivity contribution in [3.63, 3.8) is 0 Å². The second kappa shape index (κ2) is 8.10. The van der Waals surface area contributed by atoms with Crippen LogP contribution in [-0.4, -0.2) is 67.0 Å². The molecular weight excluding hydrogens is 348 g/mol. The number of aromatic nitrogens is 1. The summed E-state index contributed by atoms with van der Waals surface area (Å²) in [6, 6.07) is 7.01. The summed E-state index contributed by atoms with van der Waals surface area (Å²) in [4.78, 5) is 21.0. The number of hydrogen-bond acceptors (Lipinski definition) is 3. The average Bonchev–Trinajstić information content (AvgIpc) is 3.10. The summed E-state index contributed by atoms with van der Waals surface area (Å²) in [5.41, 5.74) is 4.04. The van der Waals surface area contributed by atoms with Crippen molar-refractivity contribution >= 4 is 16.8 Å². The lowest BCUT2D eigenvalue weighted by Gasteiger charge is -2.46. The van der Waals surface area contributed by atoms with Gasteiger partial charge in [-0.2, -0.15) is 0 Å². The van der Waals surface area contributed by atoms with E-state index in [-0.39, 0.29) is 11.8 Å². The fraction of sp³-hybridized carbons (Fsp3) is 0.522. The highest BCUT2D eigenvalue weighted by Crippen LogP contribution is 2.44. The van der Waals surface area contributed by atoms with Gasteiger partial charge in [-0.25, -0.2) is 0 Å². The number of likely N-dealkylation sites (tertiary alicyclic amines) is 1. The van der Waals surface area contributed by atoms with Gasteiger partial charge >= 0.3 is 0 Å². The zero-order valence-electron chi connectivity index (χ0n) is 17.1. The lowest BCUT2D eigenvalue weighted by Crippen LogP contribution is -2.53. The van der Waals surface area contributed by atoms with Gasteiger partial charge in [0.15, 0.2) is 0 Å². The molecule has 4 rings (SSSR count). The Hall–Kier alpha value is -2.11. The Labute approximate surface area is 167 Å². The number of rotatable bonds is 7. The summed E-state index contributed by atoms with van der Waals surface area (Å²) in [6.07, 6.45) is 7.11. The SMILES string of the molecule is C=CCN1C[C@H](C(=O)NCCCN(C)C)CC2c3cccc4[nH]cc(c34)C[C@H]21. The molecular formula is C23H32N4O. The predicted molar refractivity (Wildman–Crippen MR) is 115 cm³/mol. The molecule has 0 spiro atoms. The van der Waals surface area contributed by atoms with E-state index in [1.165, 1.54) is 22.0 Å². The molecule has 0 radical (unpaired) electrons. The monoisotopic (exact) mass is 380 g/mol. The van der Waals surface area contributed by atoms with E-state index >= 15 is 0 Å². The van der Waals surface area contributed by atoms with Gasteiger partial charge in [0.2, 0.25) is 5.91 Å². The Kier molecular flexibility index (Phi) is 5.56. The predicted octanol–water partition coefficient (Wildman–Crippen LogP) is 2.75. The van der Waals surface area contributed by atoms with Crippen LogP contribution in [-0.2, 0) is 11.2 Å². The first-order chi connectivity index (χ1) is 13.6. The number of aromatic amines is 1. The van der Waals surface area contributed by atoms with Crippen LogP contribution < -0.4 is 5.32 Å². The maximum absolute atomic E-state index is 12.9. The number of amides is 1. The summed E-state index contributed by atoms with van der Waals surface area (Å²) < 4.78 is 0. The first kappa shape index (κ1) is 19.2. The van der Waals surface area contributed by atoms with Crippen LogP contribution >= 0.6 is 0 Å². The number of carbonyl (C=O) groups is 1. The minimum absolute atomic E-state index is 0.0382. The Morgan fingerprint density at radius 1 is 1.43 bits per heavy atom. The van der Waals surface area contributed by atoms with Gasteiger partial charge in [-0.3, -0.25) is 9.69 Å². The summed E-state index contributed by atoms with van der Waals surface area (Å²) in [6.45, 7) is 7.36. The molecule has 2 N–H and O–H groups in total. The van der Waals surface area contributed by atoms with Gasteiger partial charge in [0.05, 0.1) is 5.92 Å². The van der Waals surface area contributed by atoms with Crippen LogP contribution in [0.5, 0.6) is 0 Å². The van der Waals surface area contributed by atoms with Crippen LogP contribution in [0, 0.1) is 5.92 Å². The lowest BCUT2D eigenvalue weighted by molar-refractivity contribution is -0.127. The molecule has 1 saturated heterocycles. The molecule has 1 aliphatic carbocycles. The topological polar surface area (TPSA) is 51.4 Å². The molecule has 1 aromatic carbocycles. The molecule has 1 aromatic heterocycles. The van der Waals surface area contributed by atoms with Crippen molar-refractivity contribution in [1.29, 1.82) is 0 Å². The molecule has 2 aromatic rings. The quantitative estimate of drug-likeness (QED) is 0.574. The molecule has 5 nitrogen and oxygen atoms in total. The maximum Gasteiger partial charge on any atom is 0.224 e. The van der Waals surface area contributed by atoms with E-state index in [4.69, 9.17) is 0 Å². The van der Waals surface area contributed by atoms with Crippen LogP contribution in [0.25, 0.3) is 10.9 Å². The van der Waals surface area contributed by atoms with Crippen LogP contribution in [0.2, 0.25) is 0 Å². The first-order valence-corrected chi connectivity index (χ1v) is 10.4. The van der Waals surface area contributed by atoms with Crippen molar-refractivity contribution in [3.05, 3.63) is 48.2 Å². The highest BCUT2D eigenvalue weighted by Gasteiger charge is 2.42. The fourth-order valence-electron chi connectivity index (χ4n) is 5.11. The zero-order valence-corrected chi connectivity index (χ0v) is 17.1. The normalized spacial score (nSPS) is 24.3. The molecule has 2 heterocycles. The summed E-state index contributed by atoms with van der Waals surface area (Å²) in [5, 5.41) is 4.56. The molecule has 2 aliphatic rings. The molecule has 0 saturated carbocycles. The Balaban J connectivity index is 1.54. The number of piperidine rings is 1. The number of carbonyl (C=O) groups excluding carboxylic acids is 1. The van der Waals surface area contributed by atoms with Crippen LogP contribution in [0.15, 0.2) is 37.1 Å². The summed E-state index contributed by atoms with van der Waals surface area (Å²) >= 11 is 0. The minimum atomic E-state index is 0.0382. The second-order valence-corrected chi connectivity index (χ2v) is 8.58. The average molecular weight is 381 g/mol. The van der Waals surface area contributed by atoms with E-state index in [0.717, 1.165) is 45.4 Å². The third-order valence-electron chi connectivity index (χ3n) is 6.39. The van der Waals surface area contributed by atoms with E-state index in [1.807, 2.05) is 6.08 Å². The van der Waals surface area contributed by atoms with Crippen LogP contribution in [0.4, 0.5) is 0 Å². The van der Waals surface area contributed by atoms with Gasteiger partial charge in [-0.1, -0.05) is 18.2 Å². The number of hydrogen-bond donors (Lipinski definition) is 2. The standard InChI is InChI=1S/C23H32N4O/c1-4-10-27-15-17(23(28)24-9-6-11-26(2)3)12-19-18-7-5-8-20-22(18)16(14-25-20)13-21(19)27/h4-5,7-8,14,17,19,21,25H,1,6,9-13,15H2,2-3H3,(H,24,28)/t17-,19?,21-/m1/s1. The smallest absolute Gasteiger partial charge is 0.224 e. The molecule has 150 valence electrons. The lowest BCUT2D eigenvalue weighted by atomic mass is 9.72. The van der Waals surface area contributed by atoms with Gasteiger partial charge in [0, 0.05) is 48.7 Å². The van der Waals surface area contributed by atoms with Crippen molar-refractivity contribution in [1.82, 2.24) is 20.1 Å². The molecule has 1 aliphatic heterocycles. The molecule has 3 atom stereocenters. The van der Waals surface area contributed by atoms with E-state index in [1.54, 1.807) is 0 Å². The van der Waals surface area contributed by atoms with Gasteiger partial charge in [0.1, 0.15) is 0 Å². The van der Waals surface area contributed by atoms with Crippen molar-refractivity contribution in [2.24, 2.45) is 5.92 Å². The van der Waals surface area contributed by atoms with Crippen molar-refractivity contribution in [2.75, 3.05) is 40.3 Å². The second-order valence-electron chi connectivity index (χ2n) is 8.58. The fourth-order valence-corrected chi connectivity index (χ4v) is 5.11. The van der Waals surface area contributed by atoms with Gasteiger partial charge in [-0.05, 0) is 57.1 Å². The molecule has 0 bridgehead atoms.